The number of carbonyl (C=O) groups is 1. The molecule has 0 aliphatic carbocycles. The number of anilines is 1. The molecule has 0 aliphatic rings. The van der Waals surface area contributed by atoms with Crippen LogP contribution in [0, 0.1) is 11.6 Å². The summed E-state index contributed by atoms with van der Waals surface area (Å²) in [7, 11) is -4.04. The summed E-state index contributed by atoms with van der Waals surface area (Å²) < 4.78 is 93.6. The fourth-order valence-corrected chi connectivity index (χ4v) is 4.66. The molecule has 3 aromatic heterocycles. The second-order valence-corrected chi connectivity index (χ2v) is 9.63. The van der Waals surface area contributed by atoms with Crippen LogP contribution in [-0.4, -0.2) is 34.9 Å². The first-order valence-corrected chi connectivity index (χ1v) is 12.1. The Kier molecular flexibility index (Phi) is 6.52. The van der Waals surface area contributed by atoms with Crippen molar-refractivity contribution in [2.24, 2.45) is 0 Å². The quantitative estimate of drug-likeness (QED) is 0.252. The number of aromatic nitrogens is 3. The molecule has 7 nitrogen and oxygen atoms in total. The lowest BCUT2D eigenvalue weighted by Gasteiger charge is -2.11. The molecule has 3 heterocycles. The minimum absolute atomic E-state index is 0.0629. The molecule has 0 saturated heterocycles. The van der Waals surface area contributed by atoms with Gasteiger partial charge in [-0.05, 0) is 30.7 Å². The number of carbonyl (C=O) groups excluding carboxylic acids is 1. The molecule has 0 spiro atoms. The van der Waals surface area contributed by atoms with Gasteiger partial charge in [0.1, 0.15) is 22.8 Å². The number of hydrogen-bond donors (Lipinski definition) is 2. The molecular formula is C23H17F5N4O3S. The van der Waals surface area contributed by atoms with Gasteiger partial charge < -0.3 is 4.98 Å². The fourth-order valence-electron chi connectivity index (χ4n) is 3.52. The van der Waals surface area contributed by atoms with Crippen LogP contribution in [0.3, 0.4) is 0 Å². The van der Waals surface area contributed by atoms with E-state index in [1.165, 1.54) is 24.5 Å². The SMILES string of the molecule is CCCS(=O)(=O)Nc1c(F)ccc(C(=O)c2c[nH]c3ncc(-c4ccc(C(F)(F)F)nc4)cc23)c1F. The predicted molar refractivity (Wildman–Crippen MR) is 122 cm³/mol. The van der Waals surface area contributed by atoms with E-state index in [0.29, 0.717) is 5.56 Å². The van der Waals surface area contributed by atoms with Gasteiger partial charge in [-0.15, -0.1) is 0 Å². The molecule has 0 unspecified atom stereocenters. The fraction of sp³-hybridized carbons (Fsp3) is 0.174. The van der Waals surface area contributed by atoms with Crippen LogP contribution in [0.4, 0.5) is 27.6 Å². The molecule has 4 rings (SSSR count). The average Bonchev–Trinajstić information content (AvgIpc) is 3.24. The first-order chi connectivity index (χ1) is 16.9. The Morgan fingerprint density at radius 3 is 2.39 bits per heavy atom. The molecule has 0 bridgehead atoms. The molecule has 0 saturated carbocycles. The Morgan fingerprint density at radius 1 is 1.03 bits per heavy atom. The van der Waals surface area contributed by atoms with Crippen molar-refractivity contribution in [1.29, 1.82) is 0 Å². The van der Waals surface area contributed by atoms with Crippen LogP contribution in [0.2, 0.25) is 0 Å². The van der Waals surface area contributed by atoms with E-state index >= 15 is 4.39 Å². The summed E-state index contributed by atoms with van der Waals surface area (Å²) in [6, 6.07) is 5.12. The maximum Gasteiger partial charge on any atom is 0.433 e. The van der Waals surface area contributed by atoms with Gasteiger partial charge in [-0.1, -0.05) is 13.0 Å². The van der Waals surface area contributed by atoms with Crippen LogP contribution in [0.1, 0.15) is 35.0 Å². The van der Waals surface area contributed by atoms with Crippen molar-refractivity contribution < 1.29 is 35.2 Å². The number of benzene rings is 1. The van der Waals surface area contributed by atoms with Crippen molar-refractivity contribution in [2.45, 2.75) is 19.5 Å². The summed E-state index contributed by atoms with van der Waals surface area (Å²) in [5.41, 5.74) is -1.84. The zero-order chi connectivity index (χ0) is 26.3. The lowest BCUT2D eigenvalue weighted by Crippen LogP contribution is -2.19. The van der Waals surface area contributed by atoms with Crippen LogP contribution >= 0.6 is 0 Å². The number of ketones is 1. The van der Waals surface area contributed by atoms with Gasteiger partial charge in [0.05, 0.1) is 11.3 Å². The van der Waals surface area contributed by atoms with Crippen LogP contribution in [0.15, 0.2) is 48.9 Å². The molecule has 0 fully saturated rings. The number of nitrogens with one attached hydrogen (secondary N) is 2. The number of pyridine rings is 2. The molecule has 4 aromatic rings. The lowest BCUT2D eigenvalue weighted by atomic mass is 10.0. The second-order valence-electron chi connectivity index (χ2n) is 7.79. The molecule has 0 aliphatic heterocycles. The summed E-state index contributed by atoms with van der Waals surface area (Å²) in [6.45, 7) is 1.58. The minimum atomic E-state index is -4.61. The highest BCUT2D eigenvalue weighted by Gasteiger charge is 2.32. The van der Waals surface area contributed by atoms with E-state index in [0.717, 1.165) is 24.4 Å². The number of alkyl halides is 3. The van der Waals surface area contributed by atoms with E-state index < -0.39 is 50.6 Å². The zero-order valence-electron chi connectivity index (χ0n) is 18.5. The number of rotatable bonds is 7. The monoisotopic (exact) mass is 524 g/mol. The highest BCUT2D eigenvalue weighted by atomic mass is 32.2. The van der Waals surface area contributed by atoms with Gasteiger partial charge in [-0.2, -0.15) is 13.2 Å². The van der Waals surface area contributed by atoms with Crippen LogP contribution < -0.4 is 4.72 Å². The highest BCUT2D eigenvalue weighted by molar-refractivity contribution is 7.92. The van der Waals surface area contributed by atoms with Gasteiger partial charge in [-0.25, -0.2) is 22.2 Å². The van der Waals surface area contributed by atoms with Crippen LogP contribution in [0.25, 0.3) is 22.2 Å². The Hall–Kier alpha value is -3.87. The van der Waals surface area contributed by atoms with Crippen molar-refractivity contribution in [3.8, 4) is 11.1 Å². The second kappa shape index (κ2) is 9.30. The van der Waals surface area contributed by atoms with Crippen molar-refractivity contribution in [3.63, 3.8) is 0 Å². The zero-order valence-corrected chi connectivity index (χ0v) is 19.3. The van der Waals surface area contributed by atoms with Gasteiger partial charge >= 0.3 is 6.18 Å². The molecule has 36 heavy (non-hydrogen) atoms. The molecule has 0 amide bonds. The third-order valence-electron chi connectivity index (χ3n) is 5.23. The topological polar surface area (TPSA) is 105 Å². The first-order valence-electron chi connectivity index (χ1n) is 10.4. The molecule has 0 radical (unpaired) electrons. The van der Waals surface area contributed by atoms with Gasteiger partial charge in [-0.3, -0.25) is 14.5 Å². The molecule has 13 heteroatoms. The Morgan fingerprint density at radius 2 is 1.75 bits per heavy atom. The van der Waals surface area contributed by atoms with Gasteiger partial charge in [0.15, 0.2) is 11.6 Å². The molecule has 1 aromatic carbocycles. The average molecular weight is 524 g/mol. The largest absolute Gasteiger partial charge is 0.433 e. The number of hydrogen-bond acceptors (Lipinski definition) is 5. The van der Waals surface area contributed by atoms with Crippen molar-refractivity contribution in [1.82, 2.24) is 15.0 Å². The smallest absolute Gasteiger partial charge is 0.345 e. The van der Waals surface area contributed by atoms with Crippen molar-refractivity contribution in [3.05, 3.63) is 77.4 Å². The normalized spacial score (nSPS) is 12.2. The Bertz CT molecular complexity index is 1570. The van der Waals surface area contributed by atoms with E-state index in [-0.39, 0.29) is 34.3 Å². The third kappa shape index (κ3) is 4.91. The number of sulfonamides is 1. The number of halogens is 5. The maximum atomic E-state index is 15.1. The van der Waals surface area contributed by atoms with Gasteiger partial charge in [0, 0.05) is 40.7 Å². The van der Waals surface area contributed by atoms with E-state index in [1.54, 1.807) is 6.92 Å². The summed E-state index contributed by atoms with van der Waals surface area (Å²) >= 11 is 0. The van der Waals surface area contributed by atoms with Crippen molar-refractivity contribution in [2.75, 3.05) is 10.5 Å². The molecular weight excluding hydrogens is 507 g/mol. The first kappa shape index (κ1) is 25.2. The molecule has 188 valence electrons. The predicted octanol–water partition coefficient (Wildman–Crippen LogP) is 5.30. The summed E-state index contributed by atoms with van der Waals surface area (Å²) in [6.07, 6.45) is -0.788. The third-order valence-corrected chi connectivity index (χ3v) is 6.69. The Balaban J connectivity index is 1.74. The number of H-pyrrole nitrogens is 1. The number of fused-ring (bicyclic) bond motifs is 1. The summed E-state index contributed by atoms with van der Waals surface area (Å²) in [5, 5.41) is 0.217. The number of aromatic amines is 1. The van der Waals surface area contributed by atoms with E-state index in [1.807, 2.05) is 4.72 Å². The van der Waals surface area contributed by atoms with Gasteiger partial charge in [0.2, 0.25) is 10.0 Å². The molecule has 2 N–H and O–H groups in total. The lowest BCUT2D eigenvalue weighted by molar-refractivity contribution is -0.141. The van der Waals surface area contributed by atoms with E-state index in [9.17, 15) is 30.8 Å². The summed E-state index contributed by atoms with van der Waals surface area (Å²) in [5.74, 6) is -3.84. The van der Waals surface area contributed by atoms with Crippen LogP contribution in [-0.2, 0) is 16.2 Å². The van der Waals surface area contributed by atoms with E-state index in [2.05, 4.69) is 15.0 Å². The summed E-state index contributed by atoms with van der Waals surface area (Å²) in [4.78, 5) is 23.5. The van der Waals surface area contributed by atoms with E-state index in [4.69, 9.17) is 0 Å². The van der Waals surface area contributed by atoms with Crippen molar-refractivity contribution >= 4 is 32.5 Å². The highest BCUT2D eigenvalue weighted by Crippen LogP contribution is 2.31. The van der Waals surface area contributed by atoms with Gasteiger partial charge in [0.25, 0.3) is 0 Å². The minimum Gasteiger partial charge on any atom is -0.345 e. The standard InChI is InChI=1S/C23H17F5N4O3S/c1-2-7-36(34,35)32-20-17(24)5-4-14(19(20)25)21(33)16-11-31-22-15(16)8-13(10-30-22)12-3-6-18(29-9-12)23(26,27)28/h3-6,8-11,32H,2,7H2,1H3,(H,30,31). The Labute approximate surface area is 201 Å². The maximum absolute atomic E-state index is 15.1. The molecule has 0 atom stereocenters. The van der Waals surface area contributed by atoms with Crippen LogP contribution in [0.5, 0.6) is 0 Å². The number of nitrogens with zero attached hydrogens (tertiary/aromatic N) is 2.